The van der Waals surface area contributed by atoms with Gasteiger partial charge in [0.15, 0.2) is 0 Å². The molecule has 2 rings (SSSR count). The maximum absolute atomic E-state index is 11.9. The van der Waals surface area contributed by atoms with Gasteiger partial charge in [0.25, 0.3) is 0 Å². The Bertz CT molecular complexity index is 395. The number of aromatic nitrogens is 3. The maximum atomic E-state index is 11.9. The minimum Gasteiger partial charge on any atom is -0.342 e. The second-order valence-corrected chi connectivity index (χ2v) is 4.63. The Hall–Kier alpha value is -1.43. The molecule has 1 aliphatic carbocycles. The lowest BCUT2D eigenvalue weighted by molar-refractivity contribution is -0.131. The molecule has 0 atom stereocenters. The van der Waals surface area contributed by atoms with Crippen LogP contribution >= 0.6 is 0 Å². The number of hydrogen-bond acceptors (Lipinski definition) is 4. The molecule has 0 saturated heterocycles. The molecule has 1 amide bonds. The van der Waals surface area contributed by atoms with E-state index in [1.165, 1.54) is 12.8 Å². The van der Waals surface area contributed by atoms with Gasteiger partial charge in [-0.1, -0.05) is 5.21 Å². The van der Waals surface area contributed by atoms with Crippen LogP contribution in [0, 0.1) is 0 Å². The number of nitrogens with zero attached hydrogens (tertiary/aromatic N) is 4. The summed E-state index contributed by atoms with van der Waals surface area (Å²) in [7, 11) is 0. The van der Waals surface area contributed by atoms with Gasteiger partial charge in [0.2, 0.25) is 5.91 Å². The summed E-state index contributed by atoms with van der Waals surface area (Å²) < 4.78 is 1.62. The van der Waals surface area contributed by atoms with Crippen molar-refractivity contribution in [2.24, 2.45) is 0 Å². The Kier molecular flexibility index (Phi) is 4.30. The summed E-state index contributed by atoms with van der Waals surface area (Å²) in [5, 5.41) is 11.4. The summed E-state index contributed by atoms with van der Waals surface area (Å²) in [4.78, 5) is 13.7. The SMILES string of the molecule is CCN(CC)C(=O)Cn1cc(CNC2CC2)nn1. The van der Waals surface area contributed by atoms with Gasteiger partial charge in [-0.2, -0.15) is 0 Å². The number of hydrogen-bond donors (Lipinski definition) is 1. The predicted molar refractivity (Wildman–Crippen MR) is 67.8 cm³/mol. The van der Waals surface area contributed by atoms with Crippen LogP contribution in [0.15, 0.2) is 6.20 Å². The van der Waals surface area contributed by atoms with E-state index >= 15 is 0 Å². The molecule has 6 nitrogen and oxygen atoms in total. The monoisotopic (exact) mass is 251 g/mol. The summed E-state index contributed by atoms with van der Waals surface area (Å²) in [5.41, 5.74) is 0.897. The fourth-order valence-corrected chi connectivity index (χ4v) is 1.85. The molecule has 0 aromatic carbocycles. The van der Waals surface area contributed by atoms with Crippen LogP contribution < -0.4 is 5.32 Å². The first-order chi connectivity index (χ1) is 8.72. The van der Waals surface area contributed by atoms with Crippen molar-refractivity contribution in [1.82, 2.24) is 25.2 Å². The molecule has 100 valence electrons. The third-order valence-corrected chi connectivity index (χ3v) is 3.15. The van der Waals surface area contributed by atoms with E-state index in [0.29, 0.717) is 6.04 Å². The Labute approximate surface area is 107 Å². The van der Waals surface area contributed by atoms with Crippen molar-refractivity contribution in [3.8, 4) is 0 Å². The van der Waals surface area contributed by atoms with Crippen LogP contribution in [-0.4, -0.2) is 44.9 Å². The molecule has 1 aromatic rings. The Morgan fingerprint density at radius 1 is 1.50 bits per heavy atom. The summed E-state index contributed by atoms with van der Waals surface area (Å²) >= 11 is 0. The van der Waals surface area contributed by atoms with Crippen LogP contribution in [0.5, 0.6) is 0 Å². The van der Waals surface area contributed by atoms with Crippen molar-refractivity contribution < 1.29 is 4.79 Å². The number of amides is 1. The lowest BCUT2D eigenvalue weighted by atomic mass is 10.4. The highest BCUT2D eigenvalue weighted by Crippen LogP contribution is 2.18. The highest BCUT2D eigenvalue weighted by Gasteiger charge is 2.20. The van der Waals surface area contributed by atoms with E-state index in [4.69, 9.17) is 0 Å². The lowest BCUT2D eigenvalue weighted by Gasteiger charge is -2.17. The zero-order chi connectivity index (χ0) is 13.0. The van der Waals surface area contributed by atoms with E-state index < -0.39 is 0 Å². The van der Waals surface area contributed by atoms with Crippen molar-refractivity contribution in [3.05, 3.63) is 11.9 Å². The van der Waals surface area contributed by atoms with Crippen molar-refractivity contribution in [2.75, 3.05) is 13.1 Å². The Balaban J connectivity index is 1.82. The molecule has 0 spiro atoms. The van der Waals surface area contributed by atoms with Gasteiger partial charge in [-0.15, -0.1) is 5.10 Å². The average molecular weight is 251 g/mol. The van der Waals surface area contributed by atoms with E-state index in [0.717, 1.165) is 25.3 Å². The fourth-order valence-electron chi connectivity index (χ4n) is 1.85. The number of rotatable bonds is 7. The molecule has 1 aromatic heterocycles. The van der Waals surface area contributed by atoms with Gasteiger partial charge >= 0.3 is 0 Å². The van der Waals surface area contributed by atoms with E-state index in [9.17, 15) is 4.79 Å². The van der Waals surface area contributed by atoms with Crippen molar-refractivity contribution in [2.45, 2.75) is 45.8 Å². The molecule has 0 unspecified atom stereocenters. The third-order valence-electron chi connectivity index (χ3n) is 3.15. The number of carbonyl (C=O) groups excluding carboxylic acids is 1. The molecule has 1 N–H and O–H groups in total. The van der Waals surface area contributed by atoms with Crippen LogP contribution in [0.3, 0.4) is 0 Å². The third kappa shape index (κ3) is 3.53. The second kappa shape index (κ2) is 5.95. The summed E-state index contributed by atoms with van der Waals surface area (Å²) in [6, 6.07) is 0.660. The largest absolute Gasteiger partial charge is 0.342 e. The van der Waals surface area contributed by atoms with Crippen LogP contribution in [0.2, 0.25) is 0 Å². The normalized spacial score (nSPS) is 14.8. The molecule has 1 aliphatic rings. The first-order valence-corrected chi connectivity index (χ1v) is 6.63. The topological polar surface area (TPSA) is 63.1 Å². The minimum atomic E-state index is 0.0894. The predicted octanol–water partition coefficient (Wildman–Crippen LogP) is 0.398. The van der Waals surface area contributed by atoms with Crippen molar-refractivity contribution in [1.29, 1.82) is 0 Å². The van der Waals surface area contributed by atoms with Gasteiger partial charge in [0.05, 0.1) is 11.9 Å². The van der Waals surface area contributed by atoms with Crippen LogP contribution in [-0.2, 0) is 17.9 Å². The van der Waals surface area contributed by atoms with E-state index in [-0.39, 0.29) is 12.5 Å². The lowest BCUT2D eigenvalue weighted by Crippen LogP contribution is -2.33. The molecule has 1 fully saturated rings. The molecule has 0 bridgehead atoms. The summed E-state index contributed by atoms with van der Waals surface area (Å²) in [5.74, 6) is 0.0894. The summed E-state index contributed by atoms with van der Waals surface area (Å²) in [6.07, 6.45) is 4.36. The van der Waals surface area contributed by atoms with Crippen LogP contribution in [0.25, 0.3) is 0 Å². The molecule has 0 aliphatic heterocycles. The fraction of sp³-hybridized carbons (Fsp3) is 0.750. The van der Waals surface area contributed by atoms with Gasteiger partial charge in [-0.05, 0) is 26.7 Å². The zero-order valence-corrected chi connectivity index (χ0v) is 11.1. The quantitative estimate of drug-likeness (QED) is 0.762. The van der Waals surface area contributed by atoms with Gasteiger partial charge < -0.3 is 10.2 Å². The van der Waals surface area contributed by atoms with Crippen LogP contribution in [0.4, 0.5) is 0 Å². The first kappa shape index (κ1) is 13.0. The van der Waals surface area contributed by atoms with Gasteiger partial charge in [0.1, 0.15) is 6.54 Å². The van der Waals surface area contributed by atoms with E-state index in [1.54, 1.807) is 9.58 Å². The van der Waals surface area contributed by atoms with Gasteiger partial charge in [0, 0.05) is 25.7 Å². The number of carbonyl (C=O) groups is 1. The Morgan fingerprint density at radius 2 is 2.22 bits per heavy atom. The Morgan fingerprint density at radius 3 is 2.83 bits per heavy atom. The second-order valence-electron chi connectivity index (χ2n) is 4.63. The number of likely N-dealkylation sites (N-methyl/N-ethyl adjacent to an activating group) is 1. The first-order valence-electron chi connectivity index (χ1n) is 6.63. The molecular formula is C12H21N5O. The molecule has 1 heterocycles. The van der Waals surface area contributed by atoms with Crippen molar-refractivity contribution >= 4 is 5.91 Å². The van der Waals surface area contributed by atoms with Crippen LogP contribution in [0.1, 0.15) is 32.4 Å². The standard InChI is InChI=1S/C12H21N5O/c1-3-16(4-2)12(18)9-17-8-11(14-15-17)7-13-10-5-6-10/h8,10,13H,3-7,9H2,1-2H3. The van der Waals surface area contributed by atoms with E-state index in [2.05, 4.69) is 15.6 Å². The molecular weight excluding hydrogens is 230 g/mol. The smallest absolute Gasteiger partial charge is 0.244 e. The highest BCUT2D eigenvalue weighted by atomic mass is 16.2. The molecule has 1 saturated carbocycles. The molecule has 6 heteroatoms. The highest BCUT2D eigenvalue weighted by molar-refractivity contribution is 5.75. The van der Waals surface area contributed by atoms with E-state index in [1.807, 2.05) is 20.0 Å². The summed E-state index contributed by atoms with van der Waals surface area (Å²) in [6.45, 7) is 6.45. The van der Waals surface area contributed by atoms with Gasteiger partial charge in [-0.3, -0.25) is 4.79 Å². The minimum absolute atomic E-state index is 0.0894. The average Bonchev–Trinajstić information content (AvgIpc) is 3.09. The van der Waals surface area contributed by atoms with Crippen molar-refractivity contribution in [3.63, 3.8) is 0 Å². The maximum Gasteiger partial charge on any atom is 0.244 e. The van der Waals surface area contributed by atoms with Gasteiger partial charge in [-0.25, -0.2) is 4.68 Å². The number of nitrogens with one attached hydrogen (secondary N) is 1. The molecule has 0 radical (unpaired) electrons. The zero-order valence-electron chi connectivity index (χ0n) is 11.1. The molecule has 18 heavy (non-hydrogen) atoms.